The zero-order valence-corrected chi connectivity index (χ0v) is 11.6. The number of nitrogens with two attached hydrogens (primary N) is 1. The van der Waals surface area contributed by atoms with Gasteiger partial charge >= 0.3 is 0 Å². The highest BCUT2D eigenvalue weighted by molar-refractivity contribution is 5.36. The molecule has 0 aromatic heterocycles. The molecule has 1 aliphatic heterocycles. The molecule has 2 rings (SSSR count). The molecule has 0 bridgehead atoms. The van der Waals surface area contributed by atoms with Crippen molar-refractivity contribution < 1.29 is 9.47 Å². The Morgan fingerprint density at radius 3 is 3.00 bits per heavy atom. The number of hydrogen-bond donors (Lipinski definition) is 2. The van der Waals surface area contributed by atoms with Gasteiger partial charge in [-0.2, -0.15) is 0 Å². The van der Waals surface area contributed by atoms with Gasteiger partial charge in [0.2, 0.25) is 0 Å². The lowest BCUT2D eigenvalue weighted by Crippen LogP contribution is -2.30. The molecule has 4 nitrogen and oxygen atoms in total. The standard InChI is InChI=1S/C15H24N2O2/c1-2-8-19-15-6-4-3-5-13(15)14(17-16)10-12-7-9-18-11-12/h3-6,12,14,17H,2,7-11,16H2,1H3. The lowest BCUT2D eigenvalue weighted by atomic mass is 9.94. The first-order chi connectivity index (χ1) is 9.35. The third-order valence-corrected chi connectivity index (χ3v) is 3.55. The summed E-state index contributed by atoms with van der Waals surface area (Å²) < 4.78 is 11.2. The molecule has 4 heteroatoms. The van der Waals surface area contributed by atoms with Gasteiger partial charge in [0.1, 0.15) is 5.75 Å². The summed E-state index contributed by atoms with van der Waals surface area (Å²) in [5, 5.41) is 0. The maximum Gasteiger partial charge on any atom is 0.124 e. The average molecular weight is 264 g/mol. The number of benzene rings is 1. The molecule has 0 saturated carbocycles. The van der Waals surface area contributed by atoms with Gasteiger partial charge in [0.25, 0.3) is 0 Å². The number of nitrogens with one attached hydrogen (secondary N) is 1. The Hall–Kier alpha value is -1.10. The molecule has 1 aromatic carbocycles. The first-order valence-corrected chi connectivity index (χ1v) is 7.10. The van der Waals surface area contributed by atoms with Gasteiger partial charge in [0.15, 0.2) is 0 Å². The minimum absolute atomic E-state index is 0.125. The molecule has 0 radical (unpaired) electrons. The molecule has 1 heterocycles. The first kappa shape index (κ1) is 14.3. The molecule has 1 aliphatic rings. The predicted octanol–water partition coefficient (Wildman–Crippen LogP) is 2.41. The maximum absolute atomic E-state index is 5.81. The van der Waals surface area contributed by atoms with Crippen molar-refractivity contribution in [1.82, 2.24) is 5.43 Å². The van der Waals surface area contributed by atoms with Gasteiger partial charge in [0, 0.05) is 24.8 Å². The molecule has 0 aliphatic carbocycles. The van der Waals surface area contributed by atoms with Crippen LogP contribution in [0.15, 0.2) is 24.3 Å². The predicted molar refractivity (Wildman–Crippen MR) is 75.8 cm³/mol. The van der Waals surface area contributed by atoms with Crippen LogP contribution in [0.1, 0.15) is 37.8 Å². The van der Waals surface area contributed by atoms with E-state index < -0.39 is 0 Å². The molecule has 0 spiro atoms. The summed E-state index contributed by atoms with van der Waals surface area (Å²) in [6, 6.07) is 8.26. The van der Waals surface area contributed by atoms with Gasteiger partial charge in [-0.15, -0.1) is 0 Å². The lowest BCUT2D eigenvalue weighted by molar-refractivity contribution is 0.181. The highest BCUT2D eigenvalue weighted by atomic mass is 16.5. The van der Waals surface area contributed by atoms with Crippen LogP contribution in [0.2, 0.25) is 0 Å². The molecule has 106 valence electrons. The van der Waals surface area contributed by atoms with E-state index in [1.807, 2.05) is 18.2 Å². The molecular formula is C15H24N2O2. The van der Waals surface area contributed by atoms with Gasteiger partial charge in [-0.25, -0.2) is 0 Å². The summed E-state index contributed by atoms with van der Waals surface area (Å²) in [6.45, 7) is 4.56. The van der Waals surface area contributed by atoms with Crippen LogP contribution in [0.5, 0.6) is 5.75 Å². The van der Waals surface area contributed by atoms with Crippen molar-refractivity contribution in [3.05, 3.63) is 29.8 Å². The highest BCUT2D eigenvalue weighted by Crippen LogP contribution is 2.31. The van der Waals surface area contributed by atoms with Crippen LogP contribution >= 0.6 is 0 Å². The Morgan fingerprint density at radius 2 is 2.32 bits per heavy atom. The fourth-order valence-electron chi connectivity index (χ4n) is 2.50. The normalized spacial score (nSPS) is 20.4. The van der Waals surface area contributed by atoms with Crippen LogP contribution in [0.4, 0.5) is 0 Å². The third-order valence-electron chi connectivity index (χ3n) is 3.55. The summed E-state index contributed by atoms with van der Waals surface area (Å²) in [7, 11) is 0. The van der Waals surface area contributed by atoms with E-state index in [1.54, 1.807) is 0 Å². The summed E-state index contributed by atoms with van der Waals surface area (Å²) in [5.41, 5.74) is 4.07. The highest BCUT2D eigenvalue weighted by Gasteiger charge is 2.23. The Labute approximate surface area is 115 Å². The van der Waals surface area contributed by atoms with E-state index in [9.17, 15) is 0 Å². The Balaban J connectivity index is 2.07. The minimum atomic E-state index is 0.125. The van der Waals surface area contributed by atoms with Crippen molar-refractivity contribution in [2.75, 3.05) is 19.8 Å². The quantitative estimate of drug-likeness (QED) is 0.586. The van der Waals surface area contributed by atoms with Crippen molar-refractivity contribution in [2.24, 2.45) is 11.8 Å². The SMILES string of the molecule is CCCOc1ccccc1C(CC1CCOC1)NN. The molecule has 1 aromatic rings. The second kappa shape index (κ2) is 7.48. The zero-order valence-electron chi connectivity index (χ0n) is 11.6. The van der Waals surface area contributed by atoms with Gasteiger partial charge in [-0.3, -0.25) is 11.3 Å². The molecular weight excluding hydrogens is 240 g/mol. The second-order valence-corrected chi connectivity index (χ2v) is 5.07. The Kier molecular flexibility index (Phi) is 5.63. The van der Waals surface area contributed by atoms with Crippen LogP contribution in [0, 0.1) is 5.92 Å². The molecule has 2 atom stereocenters. The van der Waals surface area contributed by atoms with E-state index in [-0.39, 0.29) is 6.04 Å². The number of hydrogen-bond acceptors (Lipinski definition) is 4. The number of rotatable bonds is 7. The summed E-state index contributed by atoms with van der Waals surface area (Å²) >= 11 is 0. The van der Waals surface area contributed by atoms with Crippen molar-refractivity contribution in [1.29, 1.82) is 0 Å². The van der Waals surface area contributed by atoms with E-state index in [4.69, 9.17) is 15.3 Å². The molecule has 3 N–H and O–H groups in total. The van der Waals surface area contributed by atoms with Gasteiger partial charge < -0.3 is 9.47 Å². The molecule has 1 fully saturated rings. The lowest BCUT2D eigenvalue weighted by Gasteiger charge is -2.22. The molecule has 2 unspecified atom stereocenters. The smallest absolute Gasteiger partial charge is 0.124 e. The molecule has 1 saturated heterocycles. The van der Waals surface area contributed by atoms with Gasteiger partial charge in [0.05, 0.1) is 6.61 Å². The number of ether oxygens (including phenoxy) is 2. The van der Waals surface area contributed by atoms with Crippen molar-refractivity contribution in [2.45, 2.75) is 32.2 Å². The van der Waals surface area contributed by atoms with E-state index in [0.29, 0.717) is 5.92 Å². The molecule has 19 heavy (non-hydrogen) atoms. The minimum Gasteiger partial charge on any atom is -0.493 e. The second-order valence-electron chi connectivity index (χ2n) is 5.07. The average Bonchev–Trinajstić information content (AvgIpc) is 2.96. The van der Waals surface area contributed by atoms with Crippen molar-refractivity contribution >= 4 is 0 Å². The Morgan fingerprint density at radius 1 is 1.47 bits per heavy atom. The van der Waals surface area contributed by atoms with Gasteiger partial charge in [-0.1, -0.05) is 25.1 Å². The van der Waals surface area contributed by atoms with E-state index in [1.165, 1.54) is 0 Å². The topological polar surface area (TPSA) is 56.5 Å². The van der Waals surface area contributed by atoms with Crippen LogP contribution in [0.25, 0.3) is 0 Å². The van der Waals surface area contributed by atoms with E-state index >= 15 is 0 Å². The van der Waals surface area contributed by atoms with Crippen molar-refractivity contribution in [3.63, 3.8) is 0 Å². The number of para-hydroxylation sites is 1. The number of hydrazine groups is 1. The van der Waals surface area contributed by atoms with Crippen molar-refractivity contribution in [3.8, 4) is 5.75 Å². The fourth-order valence-corrected chi connectivity index (χ4v) is 2.50. The first-order valence-electron chi connectivity index (χ1n) is 7.10. The van der Waals surface area contributed by atoms with E-state index in [0.717, 1.165) is 50.4 Å². The van der Waals surface area contributed by atoms with Crippen LogP contribution in [-0.4, -0.2) is 19.8 Å². The van der Waals surface area contributed by atoms with Crippen LogP contribution in [0.3, 0.4) is 0 Å². The monoisotopic (exact) mass is 264 g/mol. The summed E-state index contributed by atoms with van der Waals surface area (Å²) in [6.07, 6.45) is 3.12. The van der Waals surface area contributed by atoms with Crippen LogP contribution in [-0.2, 0) is 4.74 Å². The largest absolute Gasteiger partial charge is 0.493 e. The summed E-state index contributed by atoms with van der Waals surface area (Å²) in [4.78, 5) is 0. The maximum atomic E-state index is 5.81. The molecule has 0 amide bonds. The third kappa shape index (κ3) is 3.93. The fraction of sp³-hybridized carbons (Fsp3) is 0.600. The Bertz CT molecular complexity index is 378. The van der Waals surface area contributed by atoms with E-state index in [2.05, 4.69) is 18.4 Å². The van der Waals surface area contributed by atoms with Gasteiger partial charge in [-0.05, 0) is 31.2 Å². The summed E-state index contributed by atoms with van der Waals surface area (Å²) in [5.74, 6) is 7.25. The zero-order chi connectivity index (χ0) is 13.5. The van der Waals surface area contributed by atoms with Crippen LogP contribution < -0.4 is 16.0 Å².